The fourth-order valence-corrected chi connectivity index (χ4v) is 6.22. The van der Waals surface area contributed by atoms with E-state index < -0.39 is 10.0 Å². The van der Waals surface area contributed by atoms with E-state index in [0.29, 0.717) is 37.8 Å². The van der Waals surface area contributed by atoms with Gasteiger partial charge < -0.3 is 19.9 Å². The number of ether oxygens (including phenoxy) is 1. The van der Waals surface area contributed by atoms with Crippen molar-refractivity contribution in [2.75, 3.05) is 48.5 Å². The van der Waals surface area contributed by atoms with Gasteiger partial charge in [0, 0.05) is 45.1 Å². The summed E-state index contributed by atoms with van der Waals surface area (Å²) in [7, 11) is -1.79. The fourth-order valence-electron chi connectivity index (χ4n) is 4.71. The molecule has 1 aromatic heterocycles. The SMILES string of the molecule is CCN(CC)S(=O)(=O)c1cccc(Nc2ccc3c(n2)N(C2CCOCC2)[C@H](C)C(=O)N3C)c1. The number of likely N-dealkylation sites (N-methyl/N-ethyl adjacent to an activating group) is 1. The molecule has 2 aliphatic heterocycles. The van der Waals surface area contributed by atoms with Crippen LogP contribution in [0.25, 0.3) is 0 Å². The van der Waals surface area contributed by atoms with Crippen molar-refractivity contribution in [3.8, 4) is 0 Å². The monoisotopic (exact) mass is 487 g/mol. The molecule has 1 aromatic carbocycles. The number of amides is 1. The molecule has 3 heterocycles. The number of rotatable bonds is 7. The molecular weight excluding hydrogens is 454 g/mol. The second-order valence-corrected chi connectivity index (χ2v) is 10.5. The third-order valence-electron chi connectivity index (χ3n) is 6.60. The van der Waals surface area contributed by atoms with Gasteiger partial charge in [0.2, 0.25) is 15.9 Å². The van der Waals surface area contributed by atoms with E-state index in [-0.39, 0.29) is 22.9 Å². The number of carbonyl (C=O) groups excluding carboxylic acids is 1. The summed E-state index contributed by atoms with van der Waals surface area (Å²) < 4.78 is 32.8. The number of benzene rings is 1. The van der Waals surface area contributed by atoms with E-state index in [4.69, 9.17) is 9.72 Å². The maximum absolute atomic E-state index is 12.9. The van der Waals surface area contributed by atoms with Gasteiger partial charge in [0.25, 0.3) is 0 Å². The zero-order valence-corrected chi connectivity index (χ0v) is 21.0. The van der Waals surface area contributed by atoms with Gasteiger partial charge in [-0.25, -0.2) is 13.4 Å². The number of hydrogen-bond acceptors (Lipinski definition) is 7. The quantitative estimate of drug-likeness (QED) is 0.641. The number of fused-ring (bicyclic) bond motifs is 1. The van der Waals surface area contributed by atoms with E-state index in [9.17, 15) is 13.2 Å². The average molecular weight is 488 g/mol. The molecule has 34 heavy (non-hydrogen) atoms. The van der Waals surface area contributed by atoms with Gasteiger partial charge in [0.05, 0.1) is 10.6 Å². The minimum atomic E-state index is -3.57. The van der Waals surface area contributed by atoms with E-state index in [1.165, 1.54) is 4.31 Å². The molecule has 2 aromatic rings. The van der Waals surface area contributed by atoms with Crippen molar-refractivity contribution in [1.29, 1.82) is 0 Å². The Morgan fingerprint density at radius 3 is 2.53 bits per heavy atom. The van der Waals surface area contributed by atoms with Crippen LogP contribution in [0.4, 0.5) is 23.0 Å². The van der Waals surface area contributed by atoms with Crippen LogP contribution in [-0.4, -0.2) is 69.0 Å². The Labute approximate surface area is 201 Å². The molecule has 10 heteroatoms. The number of carbonyl (C=O) groups is 1. The molecule has 0 radical (unpaired) electrons. The smallest absolute Gasteiger partial charge is 0.249 e. The predicted molar refractivity (Wildman–Crippen MR) is 133 cm³/mol. The third kappa shape index (κ3) is 4.49. The van der Waals surface area contributed by atoms with Crippen LogP contribution in [0.2, 0.25) is 0 Å². The topological polar surface area (TPSA) is 95.1 Å². The first-order chi connectivity index (χ1) is 16.3. The van der Waals surface area contributed by atoms with Gasteiger partial charge in [-0.1, -0.05) is 19.9 Å². The average Bonchev–Trinajstić information content (AvgIpc) is 2.84. The predicted octanol–water partition coefficient (Wildman–Crippen LogP) is 3.21. The van der Waals surface area contributed by atoms with Gasteiger partial charge in [-0.05, 0) is 50.1 Å². The van der Waals surface area contributed by atoms with Gasteiger partial charge in [-0.15, -0.1) is 0 Å². The summed E-state index contributed by atoms with van der Waals surface area (Å²) in [5, 5.41) is 3.26. The van der Waals surface area contributed by atoms with Crippen molar-refractivity contribution in [2.45, 2.75) is 50.6 Å². The molecule has 0 saturated carbocycles. The molecule has 0 bridgehead atoms. The van der Waals surface area contributed by atoms with Gasteiger partial charge in [-0.2, -0.15) is 4.31 Å². The van der Waals surface area contributed by atoms with Crippen LogP contribution in [0.3, 0.4) is 0 Å². The van der Waals surface area contributed by atoms with Gasteiger partial charge in [0.1, 0.15) is 11.9 Å². The van der Waals surface area contributed by atoms with Crippen LogP contribution in [0.5, 0.6) is 0 Å². The molecule has 184 valence electrons. The van der Waals surface area contributed by atoms with Crippen molar-refractivity contribution < 1.29 is 17.9 Å². The lowest BCUT2D eigenvalue weighted by Gasteiger charge is -2.44. The molecule has 0 spiro atoms. The first-order valence-electron chi connectivity index (χ1n) is 11.8. The minimum Gasteiger partial charge on any atom is -0.381 e. The summed E-state index contributed by atoms with van der Waals surface area (Å²) >= 11 is 0. The Kier molecular flexibility index (Phi) is 7.11. The standard InChI is InChI=1S/C24H33N5O4S/c1-5-28(6-2)34(31,32)20-9-7-8-18(16-20)25-22-11-10-21-23(26-22)29(17(3)24(30)27(21)4)19-12-14-33-15-13-19/h7-11,16-17,19H,5-6,12-15H2,1-4H3,(H,25,26)/t17-/m1/s1. The number of anilines is 4. The molecule has 1 amide bonds. The zero-order valence-electron chi connectivity index (χ0n) is 20.2. The largest absolute Gasteiger partial charge is 0.381 e. The summed E-state index contributed by atoms with van der Waals surface area (Å²) in [4.78, 5) is 21.8. The van der Waals surface area contributed by atoms with Crippen molar-refractivity contribution in [1.82, 2.24) is 9.29 Å². The summed E-state index contributed by atoms with van der Waals surface area (Å²) in [6.07, 6.45) is 1.68. The molecule has 1 N–H and O–H groups in total. The van der Waals surface area contributed by atoms with Gasteiger partial charge >= 0.3 is 0 Å². The number of sulfonamides is 1. The molecule has 1 atom stereocenters. The van der Waals surface area contributed by atoms with E-state index in [1.54, 1.807) is 30.1 Å². The van der Waals surface area contributed by atoms with Crippen molar-refractivity contribution >= 4 is 38.9 Å². The number of hydrogen-bond donors (Lipinski definition) is 1. The minimum absolute atomic E-state index is 0.0378. The summed E-state index contributed by atoms with van der Waals surface area (Å²) in [5.41, 5.74) is 1.39. The van der Waals surface area contributed by atoms with Gasteiger partial charge in [0.15, 0.2) is 5.82 Å². The first kappa shape index (κ1) is 24.4. The van der Waals surface area contributed by atoms with E-state index in [1.807, 2.05) is 39.0 Å². The normalized spacial score (nSPS) is 19.4. The van der Waals surface area contributed by atoms with E-state index in [2.05, 4.69) is 10.2 Å². The molecule has 1 saturated heterocycles. The summed E-state index contributed by atoms with van der Waals surface area (Å²) in [6.45, 7) is 7.73. The van der Waals surface area contributed by atoms with Crippen molar-refractivity contribution in [3.63, 3.8) is 0 Å². The Morgan fingerprint density at radius 2 is 1.85 bits per heavy atom. The first-order valence-corrected chi connectivity index (χ1v) is 13.2. The Bertz CT molecular complexity index is 1150. The van der Waals surface area contributed by atoms with Crippen LogP contribution in [0.1, 0.15) is 33.6 Å². The Balaban J connectivity index is 1.67. The maximum atomic E-state index is 12.9. The van der Waals surface area contributed by atoms with Crippen molar-refractivity contribution in [3.05, 3.63) is 36.4 Å². The number of pyridine rings is 1. The van der Waals surface area contributed by atoms with Crippen LogP contribution in [0, 0.1) is 0 Å². The second kappa shape index (κ2) is 9.89. The van der Waals surface area contributed by atoms with Gasteiger partial charge in [-0.3, -0.25) is 4.79 Å². The van der Waals surface area contributed by atoms with Crippen LogP contribution >= 0.6 is 0 Å². The Hall–Kier alpha value is -2.69. The Morgan fingerprint density at radius 1 is 1.15 bits per heavy atom. The maximum Gasteiger partial charge on any atom is 0.249 e. The third-order valence-corrected chi connectivity index (χ3v) is 8.65. The summed E-state index contributed by atoms with van der Waals surface area (Å²) in [6, 6.07) is 10.3. The molecule has 0 unspecified atom stereocenters. The highest BCUT2D eigenvalue weighted by Crippen LogP contribution is 2.38. The highest BCUT2D eigenvalue weighted by atomic mass is 32.2. The van der Waals surface area contributed by atoms with Crippen LogP contribution < -0.4 is 15.1 Å². The highest BCUT2D eigenvalue weighted by molar-refractivity contribution is 7.89. The number of nitrogens with zero attached hydrogens (tertiary/aromatic N) is 4. The molecule has 0 aliphatic carbocycles. The number of aromatic nitrogens is 1. The fraction of sp³-hybridized carbons (Fsp3) is 0.500. The van der Waals surface area contributed by atoms with Crippen LogP contribution in [0.15, 0.2) is 41.3 Å². The second-order valence-electron chi connectivity index (χ2n) is 8.61. The van der Waals surface area contributed by atoms with E-state index >= 15 is 0 Å². The lowest BCUT2D eigenvalue weighted by molar-refractivity contribution is -0.119. The molecule has 2 aliphatic rings. The summed E-state index contributed by atoms with van der Waals surface area (Å²) in [5.74, 6) is 1.37. The highest BCUT2D eigenvalue weighted by Gasteiger charge is 2.39. The van der Waals surface area contributed by atoms with Crippen molar-refractivity contribution in [2.24, 2.45) is 0 Å². The molecule has 9 nitrogen and oxygen atoms in total. The molecule has 1 fully saturated rings. The van der Waals surface area contributed by atoms with Crippen LogP contribution in [-0.2, 0) is 19.6 Å². The molecule has 4 rings (SSSR count). The molecular formula is C24H33N5O4S. The zero-order chi connectivity index (χ0) is 24.5. The number of nitrogens with one attached hydrogen (secondary N) is 1. The lowest BCUT2D eigenvalue weighted by Crippen LogP contribution is -2.56. The lowest BCUT2D eigenvalue weighted by atomic mass is 10.0. The van der Waals surface area contributed by atoms with E-state index in [0.717, 1.165) is 24.3 Å².